The molecule has 0 aliphatic rings. The number of hydrogen-bond donors (Lipinski definition) is 0. The Morgan fingerprint density at radius 1 is 1.35 bits per heavy atom. The molecule has 2 rings (SSSR count). The molecule has 1 aromatic heterocycles. The number of nitrogens with zero attached hydrogens (tertiary/aromatic N) is 2. The third-order valence-electron chi connectivity index (χ3n) is 3.12. The van der Waals surface area contributed by atoms with Gasteiger partial charge in [0.2, 0.25) is 0 Å². The molecule has 0 aliphatic carbocycles. The topological polar surface area (TPSA) is 25.2 Å². The summed E-state index contributed by atoms with van der Waals surface area (Å²) in [5.41, 5.74) is 1.58. The third kappa shape index (κ3) is 3.11. The van der Waals surface area contributed by atoms with Gasteiger partial charge in [-0.15, -0.1) is 6.58 Å². The van der Waals surface area contributed by atoms with E-state index in [0.717, 1.165) is 5.56 Å². The summed E-state index contributed by atoms with van der Waals surface area (Å²) in [5.74, 6) is -0.0303. The maximum absolute atomic E-state index is 12.5. The zero-order chi connectivity index (χ0) is 14.5. The maximum atomic E-state index is 12.5. The summed E-state index contributed by atoms with van der Waals surface area (Å²) >= 11 is 6.16. The van der Waals surface area contributed by atoms with Crippen LogP contribution in [0, 0.1) is 0 Å². The van der Waals surface area contributed by atoms with E-state index in [1.54, 1.807) is 11.0 Å². The van der Waals surface area contributed by atoms with Gasteiger partial charge >= 0.3 is 0 Å². The Kier molecular flexibility index (Phi) is 4.64. The maximum Gasteiger partial charge on any atom is 0.271 e. The van der Waals surface area contributed by atoms with Gasteiger partial charge in [-0.25, -0.2) is 0 Å². The lowest BCUT2D eigenvalue weighted by atomic mass is 10.2. The Balaban J connectivity index is 2.24. The number of rotatable bonds is 5. The normalized spacial score (nSPS) is 10.3. The number of hydrogen-bond acceptors (Lipinski definition) is 1. The smallest absolute Gasteiger partial charge is 0.271 e. The fourth-order valence-corrected chi connectivity index (χ4v) is 2.25. The zero-order valence-corrected chi connectivity index (χ0v) is 12.2. The summed E-state index contributed by atoms with van der Waals surface area (Å²) in [6.07, 6.45) is 3.58. The number of aromatic nitrogens is 1. The van der Waals surface area contributed by atoms with Gasteiger partial charge in [-0.05, 0) is 23.8 Å². The number of aryl methyl sites for hydroxylation is 1. The Morgan fingerprint density at radius 3 is 2.70 bits per heavy atom. The van der Waals surface area contributed by atoms with Crippen LogP contribution in [0.15, 0.2) is 55.3 Å². The number of carbonyl (C=O) groups is 1. The van der Waals surface area contributed by atoms with Crippen LogP contribution in [0.4, 0.5) is 0 Å². The first kappa shape index (κ1) is 14.4. The highest BCUT2D eigenvalue weighted by Crippen LogP contribution is 2.18. The predicted molar refractivity (Wildman–Crippen MR) is 81.8 cm³/mol. The van der Waals surface area contributed by atoms with Crippen molar-refractivity contribution in [2.75, 3.05) is 6.54 Å². The SMILES string of the molecule is C=CCN(Cc1ccccc1Cl)C(=O)c1cccn1C. The lowest BCUT2D eigenvalue weighted by Gasteiger charge is -2.22. The molecule has 104 valence electrons. The molecule has 1 amide bonds. The summed E-state index contributed by atoms with van der Waals surface area (Å²) < 4.78 is 1.81. The standard InChI is InChI=1S/C16H17ClN2O/c1-3-10-19(12-13-7-4-5-8-14(13)17)16(20)15-9-6-11-18(15)2/h3-9,11H,1,10,12H2,2H3. The molecule has 0 atom stereocenters. The number of halogens is 1. The van der Waals surface area contributed by atoms with Crippen molar-refractivity contribution in [1.29, 1.82) is 0 Å². The molecule has 0 saturated carbocycles. The molecule has 0 spiro atoms. The van der Waals surface area contributed by atoms with Gasteiger partial charge in [0.1, 0.15) is 5.69 Å². The second-order valence-corrected chi connectivity index (χ2v) is 4.98. The van der Waals surface area contributed by atoms with Crippen LogP contribution in [0.1, 0.15) is 16.1 Å². The minimum atomic E-state index is -0.0303. The molecule has 2 aromatic rings. The highest BCUT2D eigenvalue weighted by atomic mass is 35.5. The highest BCUT2D eigenvalue weighted by Gasteiger charge is 2.18. The van der Waals surface area contributed by atoms with Crippen LogP contribution < -0.4 is 0 Å². The summed E-state index contributed by atoms with van der Waals surface area (Å²) in [7, 11) is 1.86. The lowest BCUT2D eigenvalue weighted by Crippen LogP contribution is -2.32. The number of carbonyl (C=O) groups excluding carboxylic acids is 1. The van der Waals surface area contributed by atoms with Crippen LogP contribution in [0.2, 0.25) is 5.02 Å². The van der Waals surface area contributed by atoms with Gasteiger partial charge in [0.15, 0.2) is 0 Å². The van der Waals surface area contributed by atoms with Gasteiger partial charge in [0, 0.05) is 31.4 Å². The third-order valence-corrected chi connectivity index (χ3v) is 3.49. The molecule has 0 aliphatic heterocycles. The van der Waals surface area contributed by atoms with Crippen LogP contribution in [0.3, 0.4) is 0 Å². The van der Waals surface area contributed by atoms with Gasteiger partial charge in [-0.1, -0.05) is 35.9 Å². The molecule has 20 heavy (non-hydrogen) atoms. The van der Waals surface area contributed by atoms with Gasteiger partial charge < -0.3 is 9.47 Å². The van der Waals surface area contributed by atoms with E-state index in [1.165, 1.54) is 0 Å². The van der Waals surface area contributed by atoms with Gasteiger partial charge in [-0.2, -0.15) is 0 Å². The second-order valence-electron chi connectivity index (χ2n) is 4.57. The summed E-state index contributed by atoms with van der Waals surface area (Å²) in [6.45, 7) is 4.67. The molecule has 3 nitrogen and oxygen atoms in total. The summed E-state index contributed by atoms with van der Waals surface area (Å²) in [5, 5.41) is 0.668. The molecule has 0 unspecified atom stereocenters. The Bertz CT molecular complexity index is 618. The van der Waals surface area contributed by atoms with E-state index in [-0.39, 0.29) is 5.91 Å². The Morgan fingerprint density at radius 2 is 2.10 bits per heavy atom. The van der Waals surface area contributed by atoms with E-state index in [0.29, 0.717) is 23.8 Å². The van der Waals surface area contributed by atoms with E-state index >= 15 is 0 Å². The van der Waals surface area contributed by atoms with Gasteiger partial charge in [-0.3, -0.25) is 4.79 Å². The van der Waals surface area contributed by atoms with Crippen LogP contribution in [-0.4, -0.2) is 21.9 Å². The number of amides is 1. The summed E-state index contributed by atoms with van der Waals surface area (Å²) in [6, 6.07) is 11.2. The van der Waals surface area contributed by atoms with Crippen LogP contribution in [0.25, 0.3) is 0 Å². The van der Waals surface area contributed by atoms with Crippen LogP contribution in [-0.2, 0) is 13.6 Å². The average Bonchev–Trinajstić information content (AvgIpc) is 2.86. The van der Waals surface area contributed by atoms with Crippen molar-refractivity contribution in [3.63, 3.8) is 0 Å². The second kappa shape index (κ2) is 6.44. The van der Waals surface area contributed by atoms with Crippen molar-refractivity contribution >= 4 is 17.5 Å². The molecule has 1 heterocycles. The van der Waals surface area contributed by atoms with Gasteiger partial charge in [0.25, 0.3) is 5.91 Å². The van der Waals surface area contributed by atoms with E-state index in [9.17, 15) is 4.79 Å². The quantitative estimate of drug-likeness (QED) is 0.773. The van der Waals surface area contributed by atoms with E-state index in [2.05, 4.69) is 6.58 Å². The molecule has 0 bridgehead atoms. The fraction of sp³-hybridized carbons (Fsp3) is 0.188. The van der Waals surface area contributed by atoms with Crippen molar-refractivity contribution in [2.45, 2.75) is 6.54 Å². The Hall–Kier alpha value is -2.00. The van der Waals surface area contributed by atoms with Crippen molar-refractivity contribution in [3.05, 3.63) is 71.5 Å². The number of benzene rings is 1. The van der Waals surface area contributed by atoms with Crippen LogP contribution in [0.5, 0.6) is 0 Å². The first-order valence-corrected chi connectivity index (χ1v) is 6.76. The predicted octanol–water partition coefficient (Wildman–Crippen LogP) is 3.51. The molecule has 0 saturated heterocycles. The zero-order valence-electron chi connectivity index (χ0n) is 11.4. The van der Waals surface area contributed by atoms with Crippen molar-refractivity contribution in [1.82, 2.24) is 9.47 Å². The molecule has 1 aromatic carbocycles. The lowest BCUT2D eigenvalue weighted by molar-refractivity contribution is 0.0753. The fourth-order valence-electron chi connectivity index (χ4n) is 2.05. The molecular weight excluding hydrogens is 272 g/mol. The van der Waals surface area contributed by atoms with Gasteiger partial charge in [0.05, 0.1) is 0 Å². The van der Waals surface area contributed by atoms with Crippen LogP contribution >= 0.6 is 11.6 Å². The molecule has 0 radical (unpaired) electrons. The first-order chi connectivity index (χ1) is 9.63. The molecule has 0 fully saturated rings. The Labute approximate surface area is 124 Å². The van der Waals surface area contributed by atoms with E-state index in [4.69, 9.17) is 11.6 Å². The monoisotopic (exact) mass is 288 g/mol. The molecule has 0 N–H and O–H groups in total. The first-order valence-electron chi connectivity index (χ1n) is 6.38. The summed E-state index contributed by atoms with van der Waals surface area (Å²) in [4.78, 5) is 14.3. The molecular formula is C16H17ClN2O. The minimum Gasteiger partial charge on any atom is -0.347 e. The van der Waals surface area contributed by atoms with E-state index in [1.807, 2.05) is 54.2 Å². The molecule has 4 heteroatoms. The highest BCUT2D eigenvalue weighted by molar-refractivity contribution is 6.31. The van der Waals surface area contributed by atoms with Crippen molar-refractivity contribution in [3.8, 4) is 0 Å². The largest absolute Gasteiger partial charge is 0.347 e. The van der Waals surface area contributed by atoms with Crippen molar-refractivity contribution in [2.24, 2.45) is 7.05 Å². The minimum absolute atomic E-state index is 0.0303. The van der Waals surface area contributed by atoms with Crippen molar-refractivity contribution < 1.29 is 4.79 Å². The van der Waals surface area contributed by atoms with E-state index < -0.39 is 0 Å². The average molecular weight is 289 g/mol.